The fourth-order valence-corrected chi connectivity index (χ4v) is 2.92. The lowest BCUT2D eigenvalue weighted by Crippen LogP contribution is -2.49. The van der Waals surface area contributed by atoms with Gasteiger partial charge >= 0.3 is 0 Å². The quantitative estimate of drug-likeness (QED) is 0.700. The van der Waals surface area contributed by atoms with Gasteiger partial charge in [-0.2, -0.15) is 0 Å². The second-order valence-electron chi connectivity index (χ2n) is 7.81. The van der Waals surface area contributed by atoms with E-state index in [-0.39, 0.29) is 18.4 Å². The summed E-state index contributed by atoms with van der Waals surface area (Å²) in [6.45, 7) is 10.6. The van der Waals surface area contributed by atoms with Gasteiger partial charge in [0.15, 0.2) is 6.61 Å². The van der Waals surface area contributed by atoms with E-state index in [1.807, 2.05) is 76.2 Å². The standard InChI is InChI=1S/C24H32N2O3/c1-17(2)14-25-24(28)20(5)26(15-21-11-7-6-8-12-21)23(27)16-29-22-13-9-10-18(3)19(22)4/h6-13,17,20H,14-16H2,1-5H3,(H,25,28). The number of rotatable bonds is 9. The summed E-state index contributed by atoms with van der Waals surface area (Å²) < 4.78 is 5.80. The number of hydrogen-bond donors (Lipinski definition) is 1. The van der Waals surface area contributed by atoms with E-state index < -0.39 is 6.04 Å². The van der Waals surface area contributed by atoms with E-state index in [1.165, 1.54) is 0 Å². The highest BCUT2D eigenvalue weighted by Crippen LogP contribution is 2.21. The van der Waals surface area contributed by atoms with Crippen molar-refractivity contribution >= 4 is 11.8 Å². The highest BCUT2D eigenvalue weighted by atomic mass is 16.5. The molecule has 0 radical (unpaired) electrons. The second-order valence-corrected chi connectivity index (χ2v) is 7.81. The first-order chi connectivity index (χ1) is 13.8. The Morgan fingerprint density at radius 3 is 2.34 bits per heavy atom. The minimum absolute atomic E-state index is 0.112. The molecule has 2 amide bonds. The molecule has 0 fully saturated rings. The van der Waals surface area contributed by atoms with Gasteiger partial charge in [0.05, 0.1) is 0 Å². The first-order valence-corrected chi connectivity index (χ1v) is 10.1. The van der Waals surface area contributed by atoms with Crippen LogP contribution in [0.4, 0.5) is 0 Å². The van der Waals surface area contributed by atoms with Crippen molar-refractivity contribution < 1.29 is 14.3 Å². The van der Waals surface area contributed by atoms with Crippen LogP contribution in [0.1, 0.15) is 37.5 Å². The Hall–Kier alpha value is -2.82. The van der Waals surface area contributed by atoms with Crippen molar-refractivity contribution in [3.05, 3.63) is 65.2 Å². The number of carbonyl (C=O) groups is 2. The van der Waals surface area contributed by atoms with Gasteiger partial charge in [-0.05, 0) is 49.4 Å². The van der Waals surface area contributed by atoms with E-state index in [9.17, 15) is 9.59 Å². The third kappa shape index (κ3) is 6.63. The highest BCUT2D eigenvalue weighted by Gasteiger charge is 2.26. The largest absolute Gasteiger partial charge is 0.483 e. The maximum atomic E-state index is 13.0. The van der Waals surface area contributed by atoms with Crippen LogP contribution in [0.5, 0.6) is 5.75 Å². The third-order valence-corrected chi connectivity index (χ3v) is 4.95. The monoisotopic (exact) mass is 396 g/mol. The first kappa shape index (κ1) is 22.5. The van der Waals surface area contributed by atoms with Crippen LogP contribution in [-0.4, -0.2) is 35.9 Å². The molecule has 1 N–H and O–H groups in total. The number of ether oxygens (including phenoxy) is 1. The van der Waals surface area contributed by atoms with Crippen LogP contribution in [0.25, 0.3) is 0 Å². The number of aryl methyl sites for hydroxylation is 1. The van der Waals surface area contributed by atoms with Crippen molar-refractivity contribution in [2.24, 2.45) is 5.92 Å². The zero-order valence-corrected chi connectivity index (χ0v) is 18.1. The van der Waals surface area contributed by atoms with Gasteiger partial charge in [0.1, 0.15) is 11.8 Å². The lowest BCUT2D eigenvalue weighted by molar-refractivity contribution is -0.142. The molecule has 5 heteroatoms. The second kappa shape index (κ2) is 10.6. The van der Waals surface area contributed by atoms with Crippen LogP contribution in [0, 0.1) is 19.8 Å². The number of benzene rings is 2. The summed E-state index contributed by atoms with van der Waals surface area (Å²) in [5, 5.41) is 2.92. The van der Waals surface area contributed by atoms with Gasteiger partial charge < -0.3 is 15.0 Å². The minimum Gasteiger partial charge on any atom is -0.483 e. The van der Waals surface area contributed by atoms with Crippen molar-refractivity contribution in [1.82, 2.24) is 10.2 Å². The van der Waals surface area contributed by atoms with Crippen molar-refractivity contribution in [1.29, 1.82) is 0 Å². The Bertz CT molecular complexity index is 818. The number of amides is 2. The minimum atomic E-state index is -0.594. The van der Waals surface area contributed by atoms with Gasteiger partial charge in [0, 0.05) is 13.1 Å². The number of hydrogen-bond acceptors (Lipinski definition) is 3. The van der Waals surface area contributed by atoms with Crippen LogP contribution < -0.4 is 10.1 Å². The molecule has 29 heavy (non-hydrogen) atoms. The van der Waals surface area contributed by atoms with Crippen molar-refractivity contribution in [2.45, 2.75) is 47.2 Å². The van der Waals surface area contributed by atoms with Crippen molar-refractivity contribution in [3.8, 4) is 5.75 Å². The van der Waals surface area contributed by atoms with Crippen LogP contribution in [-0.2, 0) is 16.1 Å². The number of nitrogens with one attached hydrogen (secondary N) is 1. The molecular formula is C24H32N2O3. The Morgan fingerprint density at radius 1 is 1.00 bits per heavy atom. The Balaban J connectivity index is 2.13. The van der Waals surface area contributed by atoms with Gasteiger partial charge in [-0.15, -0.1) is 0 Å². The molecule has 0 saturated heterocycles. The summed E-state index contributed by atoms with van der Waals surface area (Å²) in [4.78, 5) is 27.2. The van der Waals surface area contributed by atoms with Gasteiger partial charge in [-0.1, -0.05) is 56.3 Å². The lowest BCUT2D eigenvalue weighted by atomic mass is 10.1. The van der Waals surface area contributed by atoms with Crippen molar-refractivity contribution in [2.75, 3.05) is 13.2 Å². The van der Waals surface area contributed by atoms with Crippen LogP contribution in [0.3, 0.4) is 0 Å². The summed E-state index contributed by atoms with van der Waals surface area (Å²) in [5.41, 5.74) is 3.09. The van der Waals surface area contributed by atoms with Gasteiger partial charge in [0.25, 0.3) is 5.91 Å². The molecule has 1 atom stereocenters. The summed E-state index contributed by atoms with van der Waals surface area (Å²) in [6.07, 6.45) is 0. The van der Waals surface area contributed by atoms with Crippen LogP contribution >= 0.6 is 0 Å². The summed E-state index contributed by atoms with van der Waals surface area (Å²) in [7, 11) is 0. The average Bonchev–Trinajstić information content (AvgIpc) is 2.71. The van der Waals surface area contributed by atoms with Gasteiger partial charge in [0.2, 0.25) is 5.91 Å². The number of carbonyl (C=O) groups excluding carboxylic acids is 2. The molecule has 0 saturated carbocycles. The zero-order valence-electron chi connectivity index (χ0n) is 18.1. The number of nitrogens with zero attached hydrogens (tertiary/aromatic N) is 1. The van der Waals surface area contributed by atoms with Gasteiger partial charge in [-0.25, -0.2) is 0 Å². The molecule has 5 nitrogen and oxygen atoms in total. The maximum Gasteiger partial charge on any atom is 0.261 e. The molecule has 1 unspecified atom stereocenters. The Morgan fingerprint density at radius 2 is 1.69 bits per heavy atom. The predicted octanol–water partition coefficient (Wildman–Crippen LogP) is 3.87. The van der Waals surface area contributed by atoms with E-state index in [0.717, 1.165) is 16.7 Å². The van der Waals surface area contributed by atoms with E-state index in [4.69, 9.17) is 4.74 Å². The molecule has 0 aliphatic carbocycles. The molecule has 156 valence electrons. The molecular weight excluding hydrogens is 364 g/mol. The normalized spacial score (nSPS) is 11.8. The molecule has 0 aliphatic heterocycles. The molecule has 2 rings (SSSR count). The Labute approximate surface area is 174 Å². The van der Waals surface area contributed by atoms with E-state index in [1.54, 1.807) is 11.8 Å². The summed E-state index contributed by atoms with van der Waals surface area (Å²) in [6, 6.07) is 14.9. The highest BCUT2D eigenvalue weighted by molar-refractivity contribution is 5.88. The molecule has 2 aromatic rings. The molecule has 0 bridgehead atoms. The molecule has 0 heterocycles. The topological polar surface area (TPSA) is 58.6 Å². The lowest BCUT2D eigenvalue weighted by Gasteiger charge is -2.29. The molecule has 0 aromatic heterocycles. The third-order valence-electron chi connectivity index (χ3n) is 4.95. The zero-order chi connectivity index (χ0) is 21.4. The van der Waals surface area contributed by atoms with Crippen LogP contribution in [0.2, 0.25) is 0 Å². The fraction of sp³-hybridized carbons (Fsp3) is 0.417. The maximum absolute atomic E-state index is 13.0. The average molecular weight is 397 g/mol. The van der Waals surface area contributed by atoms with E-state index in [2.05, 4.69) is 5.32 Å². The SMILES string of the molecule is Cc1cccc(OCC(=O)N(Cc2ccccc2)C(C)C(=O)NCC(C)C)c1C. The predicted molar refractivity (Wildman–Crippen MR) is 116 cm³/mol. The summed E-state index contributed by atoms with van der Waals surface area (Å²) in [5.74, 6) is 0.656. The summed E-state index contributed by atoms with van der Waals surface area (Å²) >= 11 is 0. The van der Waals surface area contributed by atoms with Crippen LogP contribution in [0.15, 0.2) is 48.5 Å². The molecule has 2 aromatic carbocycles. The fourth-order valence-electron chi connectivity index (χ4n) is 2.92. The van der Waals surface area contributed by atoms with Gasteiger partial charge in [-0.3, -0.25) is 9.59 Å². The molecule has 0 spiro atoms. The Kier molecular flexibility index (Phi) is 8.25. The smallest absolute Gasteiger partial charge is 0.261 e. The van der Waals surface area contributed by atoms with Crippen molar-refractivity contribution in [3.63, 3.8) is 0 Å². The van der Waals surface area contributed by atoms with E-state index >= 15 is 0 Å². The van der Waals surface area contributed by atoms with E-state index in [0.29, 0.717) is 24.8 Å². The molecule has 0 aliphatic rings. The first-order valence-electron chi connectivity index (χ1n) is 10.1.